The minimum absolute atomic E-state index is 0.168. The van der Waals surface area contributed by atoms with Crippen LogP contribution in [0.5, 0.6) is 0 Å². The van der Waals surface area contributed by atoms with Crippen molar-refractivity contribution in [1.29, 1.82) is 0 Å². The number of hydrogen-bond donors (Lipinski definition) is 0. The molecule has 3 nitrogen and oxygen atoms in total. The minimum Gasteiger partial charge on any atom is -0.337 e. The number of benzene rings is 1. The fourth-order valence-corrected chi connectivity index (χ4v) is 4.13. The highest BCUT2D eigenvalue weighted by Crippen LogP contribution is 2.25. The minimum atomic E-state index is 0.168. The quantitative estimate of drug-likeness (QED) is 0.815. The van der Waals surface area contributed by atoms with E-state index in [1.165, 1.54) is 37.9 Å². The zero-order chi connectivity index (χ0) is 14.8. The van der Waals surface area contributed by atoms with Crippen molar-refractivity contribution in [2.24, 2.45) is 0 Å². The van der Waals surface area contributed by atoms with E-state index in [9.17, 15) is 4.79 Å². The van der Waals surface area contributed by atoms with Crippen molar-refractivity contribution in [3.8, 4) is 0 Å². The van der Waals surface area contributed by atoms with Crippen molar-refractivity contribution in [3.05, 3.63) is 33.8 Å². The molecule has 114 valence electrons. The Morgan fingerprint density at radius 2 is 1.95 bits per heavy atom. The molecule has 0 aliphatic carbocycles. The number of rotatable bonds is 2. The summed E-state index contributed by atoms with van der Waals surface area (Å²) in [6, 6.07) is 6.54. The van der Waals surface area contributed by atoms with Crippen molar-refractivity contribution in [3.63, 3.8) is 0 Å². The fraction of sp³-hybridized carbons (Fsp3) is 0.588. The smallest absolute Gasteiger partial charge is 0.255 e. The average Bonchev–Trinajstić information content (AvgIpc) is 2.97. The van der Waals surface area contributed by atoms with Crippen molar-refractivity contribution in [2.45, 2.75) is 38.6 Å². The Balaban J connectivity index is 1.66. The van der Waals surface area contributed by atoms with Crippen LogP contribution in [-0.2, 0) is 0 Å². The molecule has 1 unspecified atom stereocenters. The van der Waals surface area contributed by atoms with Gasteiger partial charge in [0.1, 0.15) is 0 Å². The summed E-state index contributed by atoms with van der Waals surface area (Å²) in [5, 5.41) is 0. The first-order chi connectivity index (χ1) is 10.1. The summed E-state index contributed by atoms with van der Waals surface area (Å²) in [7, 11) is 0. The normalized spacial score (nSPS) is 23.5. The second-order valence-electron chi connectivity index (χ2n) is 6.27. The van der Waals surface area contributed by atoms with E-state index in [-0.39, 0.29) is 5.91 Å². The number of nitrogens with zero attached hydrogens (tertiary/aromatic N) is 2. The lowest BCUT2D eigenvalue weighted by Crippen LogP contribution is -2.41. The molecule has 2 heterocycles. The van der Waals surface area contributed by atoms with Crippen LogP contribution < -0.4 is 0 Å². The van der Waals surface area contributed by atoms with E-state index in [0.717, 1.165) is 29.5 Å². The molecule has 2 fully saturated rings. The van der Waals surface area contributed by atoms with E-state index in [0.29, 0.717) is 6.04 Å². The Bertz CT molecular complexity index is 526. The molecular formula is C17H23BrN2O. The Labute approximate surface area is 135 Å². The number of carbonyl (C=O) groups excluding carboxylic acids is 1. The van der Waals surface area contributed by atoms with E-state index < -0.39 is 0 Å². The van der Waals surface area contributed by atoms with Gasteiger partial charge in [0.15, 0.2) is 0 Å². The molecule has 0 radical (unpaired) electrons. The van der Waals surface area contributed by atoms with Gasteiger partial charge in [0.25, 0.3) is 5.91 Å². The van der Waals surface area contributed by atoms with Crippen LogP contribution in [0.2, 0.25) is 0 Å². The van der Waals surface area contributed by atoms with Crippen LogP contribution in [0, 0.1) is 6.92 Å². The summed E-state index contributed by atoms with van der Waals surface area (Å²) in [6.07, 6.45) is 5.11. The number of halogens is 1. The summed E-state index contributed by atoms with van der Waals surface area (Å²) in [4.78, 5) is 17.3. The van der Waals surface area contributed by atoms with E-state index in [4.69, 9.17) is 0 Å². The van der Waals surface area contributed by atoms with Crippen LogP contribution in [0.15, 0.2) is 22.7 Å². The monoisotopic (exact) mass is 350 g/mol. The molecule has 2 aliphatic heterocycles. The van der Waals surface area contributed by atoms with Crippen LogP contribution in [0.3, 0.4) is 0 Å². The lowest BCUT2D eigenvalue weighted by Gasteiger charge is -2.32. The highest BCUT2D eigenvalue weighted by atomic mass is 79.9. The number of hydrogen-bond acceptors (Lipinski definition) is 2. The number of likely N-dealkylation sites (tertiary alicyclic amines) is 2. The van der Waals surface area contributed by atoms with Gasteiger partial charge in [-0.05, 0) is 72.9 Å². The average molecular weight is 351 g/mol. The Morgan fingerprint density at radius 1 is 1.19 bits per heavy atom. The van der Waals surface area contributed by atoms with Gasteiger partial charge >= 0.3 is 0 Å². The van der Waals surface area contributed by atoms with Gasteiger partial charge in [-0.1, -0.05) is 12.5 Å². The Hall–Kier alpha value is -0.870. The Morgan fingerprint density at radius 3 is 2.67 bits per heavy atom. The molecule has 0 saturated carbocycles. The van der Waals surface area contributed by atoms with Gasteiger partial charge in [-0.25, -0.2) is 0 Å². The molecule has 0 aromatic heterocycles. The van der Waals surface area contributed by atoms with Crippen LogP contribution in [0.4, 0.5) is 0 Å². The highest BCUT2D eigenvalue weighted by molar-refractivity contribution is 9.10. The molecule has 0 spiro atoms. The number of amides is 1. The molecular weight excluding hydrogens is 328 g/mol. The third-order valence-corrected chi connectivity index (χ3v) is 5.37. The summed E-state index contributed by atoms with van der Waals surface area (Å²) >= 11 is 3.53. The second-order valence-corrected chi connectivity index (χ2v) is 7.13. The van der Waals surface area contributed by atoms with Gasteiger partial charge in [-0.15, -0.1) is 0 Å². The summed E-state index contributed by atoms with van der Waals surface area (Å²) in [6.45, 7) is 6.24. The molecule has 21 heavy (non-hydrogen) atoms. The topological polar surface area (TPSA) is 23.6 Å². The molecule has 0 bridgehead atoms. The van der Waals surface area contributed by atoms with Crippen molar-refractivity contribution in [2.75, 3.05) is 26.2 Å². The SMILES string of the molecule is Cc1ccc(C(=O)N2CCC(N3CCCCC3)C2)c(Br)c1. The summed E-state index contributed by atoms with van der Waals surface area (Å²) in [5.74, 6) is 0.168. The van der Waals surface area contributed by atoms with E-state index in [1.807, 2.05) is 30.0 Å². The molecule has 2 aliphatic rings. The lowest BCUT2D eigenvalue weighted by atomic mass is 10.1. The first kappa shape index (κ1) is 15.0. The first-order valence-corrected chi connectivity index (χ1v) is 8.74. The molecule has 1 aromatic carbocycles. The largest absolute Gasteiger partial charge is 0.337 e. The standard InChI is InChI=1S/C17H23BrN2O/c1-13-5-6-15(16(18)11-13)17(21)20-10-7-14(12-20)19-8-3-2-4-9-19/h5-6,11,14H,2-4,7-10,12H2,1H3. The Kier molecular flexibility index (Phi) is 4.65. The lowest BCUT2D eigenvalue weighted by molar-refractivity contribution is 0.0770. The first-order valence-electron chi connectivity index (χ1n) is 7.94. The van der Waals surface area contributed by atoms with E-state index in [1.54, 1.807) is 0 Å². The van der Waals surface area contributed by atoms with Gasteiger partial charge < -0.3 is 4.90 Å². The highest BCUT2D eigenvalue weighted by Gasteiger charge is 2.31. The predicted molar refractivity (Wildman–Crippen MR) is 88.6 cm³/mol. The molecule has 2 saturated heterocycles. The molecule has 3 rings (SSSR count). The zero-order valence-corrected chi connectivity index (χ0v) is 14.2. The second kappa shape index (κ2) is 6.49. The van der Waals surface area contributed by atoms with Crippen molar-refractivity contribution >= 4 is 21.8 Å². The van der Waals surface area contributed by atoms with Gasteiger partial charge in [0.05, 0.1) is 5.56 Å². The van der Waals surface area contributed by atoms with Crippen molar-refractivity contribution in [1.82, 2.24) is 9.80 Å². The molecule has 1 amide bonds. The van der Waals surface area contributed by atoms with E-state index in [2.05, 4.69) is 20.8 Å². The maximum Gasteiger partial charge on any atom is 0.255 e. The maximum absolute atomic E-state index is 12.7. The number of piperidine rings is 1. The zero-order valence-electron chi connectivity index (χ0n) is 12.6. The summed E-state index contributed by atoms with van der Waals surface area (Å²) < 4.78 is 0.911. The van der Waals surface area contributed by atoms with E-state index >= 15 is 0 Å². The number of carbonyl (C=O) groups is 1. The van der Waals surface area contributed by atoms with Crippen LogP contribution >= 0.6 is 15.9 Å². The molecule has 1 aromatic rings. The maximum atomic E-state index is 12.7. The molecule has 1 atom stereocenters. The van der Waals surface area contributed by atoms with Crippen molar-refractivity contribution < 1.29 is 4.79 Å². The fourth-order valence-electron chi connectivity index (χ4n) is 3.47. The van der Waals surface area contributed by atoms with Gasteiger partial charge in [-0.2, -0.15) is 0 Å². The van der Waals surface area contributed by atoms with Crippen LogP contribution in [-0.4, -0.2) is 47.9 Å². The predicted octanol–water partition coefficient (Wildman–Crippen LogP) is 3.46. The van der Waals surface area contributed by atoms with Gasteiger partial charge in [0, 0.05) is 23.6 Å². The molecule has 0 N–H and O–H groups in total. The third kappa shape index (κ3) is 3.32. The third-order valence-electron chi connectivity index (χ3n) is 4.71. The van der Waals surface area contributed by atoms with Crippen LogP contribution in [0.25, 0.3) is 0 Å². The van der Waals surface area contributed by atoms with Crippen LogP contribution in [0.1, 0.15) is 41.6 Å². The van der Waals surface area contributed by atoms with Gasteiger partial charge in [0.2, 0.25) is 0 Å². The molecule has 4 heteroatoms. The summed E-state index contributed by atoms with van der Waals surface area (Å²) in [5.41, 5.74) is 1.96. The van der Waals surface area contributed by atoms with Gasteiger partial charge in [-0.3, -0.25) is 9.69 Å². The number of aryl methyl sites for hydroxylation is 1.